The van der Waals surface area contributed by atoms with Gasteiger partial charge in [-0.25, -0.2) is 0 Å². The number of benzene rings is 1. The molecule has 0 unspecified atom stereocenters. The lowest BCUT2D eigenvalue weighted by atomic mass is 9.90. The largest absolute Gasteiger partial charge is 0.497 e. The molecule has 1 aromatic heterocycles. The van der Waals surface area contributed by atoms with Gasteiger partial charge in [0.1, 0.15) is 17.1 Å². The number of nitrogens with zero attached hydrogens (tertiary/aromatic N) is 3. The van der Waals surface area contributed by atoms with E-state index >= 15 is 0 Å². The minimum Gasteiger partial charge on any atom is -0.497 e. The summed E-state index contributed by atoms with van der Waals surface area (Å²) in [6.45, 7) is 4.20. The summed E-state index contributed by atoms with van der Waals surface area (Å²) in [5.74, 6) is 1.16. The van der Waals surface area contributed by atoms with Crippen molar-refractivity contribution in [3.8, 4) is 11.5 Å². The number of ether oxygens (including phenoxy) is 2. The van der Waals surface area contributed by atoms with E-state index in [9.17, 15) is 9.59 Å². The predicted molar refractivity (Wildman–Crippen MR) is 106 cm³/mol. The molecule has 2 aliphatic rings. The molecule has 2 aromatic rings. The molecule has 0 aliphatic carbocycles. The van der Waals surface area contributed by atoms with Crippen LogP contribution < -0.4 is 14.8 Å². The Balaban J connectivity index is 1.40. The fourth-order valence-corrected chi connectivity index (χ4v) is 3.94. The third kappa shape index (κ3) is 3.92. The summed E-state index contributed by atoms with van der Waals surface area (Å²) in [6.07, 6.45) is 3.50. The molecule has 0 bridgehead atoms. The van der Waals surface area contributed by atoms with Gasteiger partial charge in [0.15, 0.2) is 0 Å². The summed E-state index contributed by atoms with van der Waals surface area (Å²) >= 11 is 0. The van der Waals surface area contributed by atoms with Crippen LogP contribution in [0.25, 0.3) is 0 Å². The Kier molecular flexibility index (Phi) is 5.17. The average Bonchev–Trinajstić information content (AvgIpc) is 3.09. The van der Waals surface area contributed by atoms with E-state index in [4.69, 9.17) is 9.47 Å². The van der Waals surface area contributed by atoms with Gasteiger partial charge in [-0.15, -0.1) is 0 Å². The zero-order valence-electron chi connectivity index (χ0n) is 16.8. The fraction of sp³-hybridized carbons (Fsp3) is 0.476. The summed E-state index contributed by atoms with van der Waals surface area (Å²) in [5.41, 5.74) is 1.05. The Morgan fingerprint density at radius 3 is 2.79 bits per heavy atom. The summed E-state index contributed by atoms with van der Waals surface area (Å²) in [4.78, 5) is 26.9. The van der Waals surface area contributed by atoms with Crippen LogP contribution in [-0.4, -0.2) is 58.8 Å². The number of nitrogens with one attached hydrogen (secondary N) is 1. The van der Waals surface area contributed by atoms with E-state index in [1.54, 1.807) is 31.5 Å². The molecule has 0 saturated carbocycles. The van der Waals surface area contributed by atoms with Crippen molar-refractivity contribution < 1.29 is 19.1 Å². The second-order valence-corrected chi connectivity index (χ2v) is 7.66. The molecule has 154 valence electrons. The van der Waals surface area contributed by atoms with E-state index in [0.717, 1.165) is 5.69 Å². The molecule has 1 spiro atoms. The third-order valence-corrected chi connectivity index (χ3v) is 5.82. The standard InChI is InChI=1S/C21H26N4O4/c1-15-5-9-23-25(15)10-6-19(26)24-11-7-21(8-12-24)14-22-20(27)17-4-3-16(28-2)13-18(17)29-21/h3-5,9,13H,6-8,10-12,14H2,1-2H3,(H,22,27). The Morgan fingerprint density at radius 2 is 2.10 bits per heavy atom. The van der Waals surface area contributed by atoms with Crippen LogP contribution in [0.4, 0.5) is 0 Å². The van der Waals surface area contributed by atoms with Crippen molar-refractivity contribution in [1.29, 1.82) is 0 Å². The van der Waals surface area contributed by atoms with Gasteiger partial charge in [-0.05, 0) is 25.1 Å². The van der Waals surface area contributed by atoms with E-state index in [1.807, 2.05) is 22.6 Å². The first-order chi connectivity index (χ1) is 14.0. The Morgan fingerprint density at radius 1 is 1.31 bits per heavy atom. The molecule has 8 nitrogen and oxygen atoms in total. The summed E-state index contributed by atoms with van der Waals surface area (Å²) in [5, 5.41) is 7.20. The molecule has 1 N–H and O–H groups in total. The lowest BCUT2D eigenvalue weighted by Gasteiger charge is -2.41. The van der Waals surface area contributed by atoms with Crippen molar-refractivity contribution >= 4 is 11.8 Å². The molecule has 1 saturated heterocycles. The zero-order valence-corrected chi connectivity index (χ0v) is 16.8. The topological polar surface area (TPSA) is 85.7 Å². The number of aryl methyl sites for hydroxylation is 2. The van der Waals surface area contributed by atoms with Crippen molar-refractivity contribution in [2.45, 2.75) is 38.3 Å². The van der Waals surface area contributed by atoms with Crippen LogP contribution >= 0.6 is 0 Å². The lowest BCUT2D eigenvalue weighted by Crippen LogP contribution is -2.54. The predicted octanol–water partition coefficient (Wildman–Crippen LogP) is 1.77. The Labute approximate surface area is 169 Å². The highest BCUT2D eigenvalue weighted by Gasteiger charge is 2.41. The van der Waals surface area contributed by atoms with E-state index in [0.29, 0.717) is 62.5 Å². The normalized spacial score (nSPS) is 17.9. The molecule has 3 heterocycles. The van der Waals surface area contributed by atoms with Crippen molar-refractivity contribution in [3.05, 3.63) is 41.7 Å². The van der Waals surface area contributed by atoms with Crippen LogP contribution in [0.2, 0.25) is 0 Å². The summed E-state index contributed by atoms with van der Waals surface area (Å²) in [7, 11) is 1.59. The quantitative estimate of drug-likeness (QED) is 0.848. The fourth-order valence-electron chi connectivity index (χ4n) is 3.94. The van der Waals surface area contributed by atoms with E-state index in [2.05, 4.69) is 10.4 Å². The Hall–Kier alpha value is -3.03. The summed E-state index contributed by atoms with van der Waals surface area (Å²) < 4.78 is 13.5. The molecule has 1 fully saturated rings. The third-order valence-electron chi connectivity index (χ3n) is 5.82. The number of carbonyl (C=O) groups excluding carboxylic acids is 2. The molecule has 1 aromatic carbocycles. The first kappa shape index (κ1) is 19.3. The van der Waals surface area contributed by atoms with Gasteiger partial charge in [0.25, 0.3) is 5.91 Å². The highest BCUT2D eigenvalue weighted by Crippen LogP contribution is 2.35. The number of amides is 2. The maximum Gasteiger partial charge on any atom is 0.255 e. The van der Waals surface area contributed by atoms with E-state index < -0.39 is 5.60 Å². The first-order valence-corrected chi connectivity index (χ1v) is 9.91. The van der Waals surface area contributed by atoms with Gasteiger partial charge in [0.05, 0.1) is 19.2 Å². The van der Waals surface area contributed by atoms with Gasteiger partial charge in [-0.1, -0.05) is 0 Å². The van der Waals surface area contributed by atoms with Gasteiger partial charge in [-0.2, -0.15) is 5.10 Å². The molecule has 2 aliphatic heterocycles. The van der Waals surface area contributed by atoms with Crippen LogP contribution in [0.5, 0.6) is 11.5 Å². The van der Waals surface area contributed by atoms with Crippen molar-refractivity contribution in [2.24, 2.45) is 0 Å². The minimum absolute atomic E-state index is 0.120. The number of likely N-dealkylation sites (tertiary alicyclic amines) is 1. The smallest absolute Gasteiger partial charge is 0.255 e. The highest BCUT2D eigenvalue weighted by atomic mass is 16.5. The average molecular weight is 398 g/mol. The molecular weight excluding hydrogens is 372 g/mol. The number of piperidine rings is 1. The monoisotopic (exact) mass is 398 g/mol. The van der Waals surface area contributed by atoms with Gasteiger partial charge < -0.3 is 19.7 Å². The number of aromatic nitrogens is 2. The highest BCUT2D eigenvalue weighted by molar-refractivity contribution is 5.97. The second kappa shape index (κ2) is 7.77. The number of carbonyl (C=O) groups is 2. The van der Waals surface area contributed by atoms with Gasteiger partial charge >= 0.3 is 0 Å². The first-order valence-electron chi connectivity index (χ1n) is 9.91. The second-order valence-electron chi connectivity index (χ2n) is 7.66. The maximum absolute atomic E-state index is 12.6. The van der Waals surface area contributed by atoms with E-state index in [-0.39, 0.29) is 11.8 Å². The van der Waals surface area contributed by atoms with Gasteiger partial charge in [0, 0.05) is 56.9 Å². The molecule has 0 atom stereocenters. The lowest BCUT2D eigenvalue weighted by molar-refractivity contribution is -0.134. The van der Waals surface area contributed by atoms with Crippen LogP contribution in [0.15, 0.2) is 30.5 Å². The maximum atomic E-state index is 12.6. The van der Waals surface area contributed by atoms with Crippen molar-refractivity contribution in [1.82, 2.24) is 20.0 Å². The summed E-state index contributed by atoms with van der Waals surface area (Å²) in [6, 6.07) is 7.16. The SMILES string of the molecule is COc1ccc2c(c1)OC1(CCN(C(=O)CCn3nccc3C)CC1)CNC2=O. The van der Waals surface area contributed by atoms with Crippen molar-refractivity contribution in [3.63, 3.8) is 0 Å². The molecule has 8 heteroatoms. The van der Waals surface area contributed by atoms with Crippen LogP contribution in [0.1, 0.15) is 35.3 Å². The molecular formula is C21H26N4O4. The number of hydrogen-bond acceptors (Lipinski definition) is 5. The van der Waals surface area contributed by atoms with Crippen molar-refractivity contribution in [2.75, 3.05) is 26.7 Å². The number of fused-ring (bicyclic) bond motifs is 1. The Bertz CT molecular complexity index is 915. The minimum atomic E-state index is -0.511. The van der Waals surface area contributed by atoms with Crippen LogP contribution in [0, 0.1) is 6.92 Å². The number of methoxy groups -OCH3 is 1. The molecule has 29 heavy (non-hydrogen) atoms. The molecule has 0 radical (unpaired) electrons. The van der Waals surface area contributed by atoms with Crippen LogP contribution in [0.3, 0.4) is 0 Å². The van der Waals surface area contributed by atoms with Crippen LogP contribution in [-0.2, 0) is 11.3 Å². The number of hydrogen-bond donors (Lipinski definition) is 1. The molecule has 2 amide bonds. The molecule has 4 rings (SSSR count). The number of rotatable bonds is 4. The zero-order chi connectivity index (χ0) is 20.4. The van der Waals surface area contributed by atoms with E-state index in [1.165, 1.54) is 0 Å². The van der Waals surface area contributed by atoms with Gasteiger partial charge in [0.2, 0.25) is 5.91 Å². The van der Waals surface area contributed by atoms with Gasteiger partial charge in [-0.3, -0.25) is 14.3 Å².